The smallest absolute Gasteiger partial charge is 0.259 e. The van der Waals surface area contributed by atoms with Crippen LogP contribution < -0.4 is 15.4 Å². The van der Waals surface area contributed by atoms with E-state index in [1.807, 2.05) is 60.7 Å². The minimum Gasteiger partial charge on any atom is -0.496 e. The molecule has 0 fully saturated rings. The van der Waals surface area contributed by atoms with Crippen LogP contribution in [0.25, 0.3) is 32.7 Å². The van der Waals surface area contributed by atoms with Crippen LogP contribution in [-0.2, 0) is 4.79 Å². The van der Waals surface area contributed by atoms with Gasteiger partial charge in [-0.1, -0.05) is 41.7 Å². The Hall–Kier alpha value is -4.70. The number of hydrogen-bond donors (Lipinski definition) is 2. The van der Waals surface area contributed by atoms with Crippen molar-refractivity contribution in [2.75, 3.05) is 17.7 Å². The lowest BCUT2D eigenvalue weighted by Crippen LogP contribution is -2.14. The van der Waals surface area contributed by atoms with Gasteiger partial charge in [0.2, 0.25) is 5.91 Å². The summed E-state index contributed by atoms with van der Waals surface area (Å²) in [4.78, 5) is 34.3. The molecule has 0 aliphatic heterocycles. The maximum atomic E-state index is 13.2. The molecule has 178 valence electrons. The number of amides is 2. The zero-order valence-electron chi connectivity index (χ0n) is 19.4. The number of para-hydroxylation sites is 1. The molecular weight excluding hydrogens is 476 g/mol. The maximum Gasteiger partial charge on any atom is 0.259 e. The van der Waals surface area contributed by atoms with Crippen molar-refractivity contribution >= 4 is 44.3 Å². The van der Waals surface area contributed by atoms with Crippen LogP contribution in [0.15, 0.2) is 73.1 Å². The third kappa shape index (κ3) is 4.75. The number of methoxy groups -OCH3 is 1. The van der Waals surface area contributed by atoms with Crippen molar-refractivity contribution in [2.24, 2.45) is 0 Å². The second kappa shape index (κ2) is 9.88. The molecule has 0 saturated carbocycles. The zero-order valence-corrected chi connectivity index (χ0v) is 20.2. The number of pyridine rings is 1. The average molecular weight is 497 g/mol. The molecule has 0 atom stereocenters. The van der Waals surface area contributed by atoms with Crippen molar-refractivity contribution in [1.29, 1.82) is 0 Å². The van der Waals surface area contributed by atoms with Gasteiger partial charge >= 0.3 is 0 Å². The number of benzene rings is 2. The van der Waals surface area contributed by atoms with Gasteiger partial charge in [0.1, 0.15) is 16.1 Å². The summed E-state index contributed by atoms with van der Waals surface area (Å²) in [6.07, 6.45) is 2.96. The molecule has 2 amide bonds. The van der Waals surface area contributed by atoms with Crippen molar-refractivity contribution in [3.63, 3.8) is 0 Å². The molecule has 0 saturated heterocycles. The van der Waals surface area contributed by atoms with Crippen molar-refractivity contribution in [3.05, 3.63) is 78.6 Å². The van der Waals surface area contributed by atoms with Crippen molar-refractivity contribution in [3.8, 4) is 28.1 Å². The summed E-state index contributed by atoms with van der Waals surface area (Å²) in [5.41, 5.74) is 4.73. The molecule has 2 N–H and O–H groups in total. The molecule has 0 aliphatic carbocycles. The summed E-state index contributed by atoms with van der Waals surface area (Å²) >= 11 is 1.28. The summed E-state index contributed by atoms with van der Waals surface area (Å²) < 4.78 is 5.45. The van der Waals surface area contributed by atoms with Crippen LogP contribution in [0.4, 0.5) is 10.8 Å². The van der Waals surface area contributed by atoms with E-state index in [2.05, 4.69) is 25.8 Å². The lowest BCUT2D eigenvalue weighted by molar-refractivity contribution is -0.114. The summed E-state index contributed by atoms with van der Waals surface area (Å²) in [6, 6.07) is 18.6. The number of nitrogens with zero attached hydrogens (tertiary/aromatic N) is 4. The summed E-state index contributed by atoms with van der Waals surface area (Å²) in [6.45, 7) is 1.47. The molecule has 5 rings (SSSR count). The Morgan fingerprint density at radius 1 is 0.861 bits per heavy atom. The second-order valence-electron chi connectivity index (χ2n) is 7.77. The van der Waals surface area contributed by atoms with E-state index in [1.165, 1.54) is 30.7 Å². The van der Waals surface area contributed by atoms with Crippen molar-refractivity contribution < 1.29 is 14.3 Å². The Labute approximate surface area is 210 Å². The number of rotatable bonds is 6. The van der Waals surface area contributed by atoms with Gasteiger partial charge < -0.3 is 10.1 Å². The van der Waals surface area contributed by atoms with E-state index in [9.17, 15) is 9.59 Å². The molecular formula is C26H20N6O3S. The molecule has 3 heterocycles. The van der Waals surface area contributed by atoms with E-state index in [4.69, 9.17) is 9.72 Å². The normalized spacial score (nSPS) is 10.7. The van der Waals surface area contributed by atoms with Crippen LogP contribution in [0, 0.1) is 0 Å². The highest BCUT2D eigenvalue weighted by Gasteiger charge is 2.18. The predicted molar refractivity (Wildman–Crippen MR) is 139 cm³/mol. The molecule has 0 aliphatic rings. The highest BCUT2D eigenvalue weighted by Crippen LogP contribution is 2.33. The van der Waals surface area contributed by atoms with Crippen LogP contribution in [0.2, 0.25) is 0 Å². The first-order valence-corrected chi connectivity index (χ1v) is 11.7. The summed E-state index contributed by atoms with van der Waals surface area (Å²) in [5, 5.41) is 13.9. The predicted octanol–water partition coefficient (Wildman–Crippen LogP) is 5.03. The maximum absolute atomic E-state index is 13.2. The lowest BCUT2D eigenvalue weighted by atomic mass is 10.0. The van der Waals surface area contributed by atoms with Gasteiger partial charge in [0.25, 0.3) is 5.91 Å². The highest BCUT2D eigenvalue weighted by molar-refractivity contribution is 7.22. The lowest BCUT2D eigenvalue weighted by Gasteiger charge is -2.11. The molecule has 3 aromatic heterocycles. The number of ether oxygens (including phenoxy) is 1. The van der Waals surface area contributed by atoms with Crippen molar-refractivity contribution in [2.45, 2.75) is 6.92 Å². The van der Waals surface area contributed by atoms with E-state index in [-0.39, 0.29) is 11.8 Å². The molecule has 0 radical (unpaired) electrons. The number of carbonyl (C=O) groups excluding carboxylic acids is 2. The van der Waals surface area contributed by atoms with Crippen LogP contribution in [-0.4, -0.2) is 39.1 Å². The Balaban J connectivity index is 1.40. The van der Waals surface area contributed by atoms with Gasteiger partial charge in [0.15, 0.2) is 5.13 Å². The quantitative estimate of drug-likeness (QED) is 0.338. The monoisotopic (exact) mass is 496 g/mol. The third-order valence-corrected chi connectivity index (χ3v) is 6.23. The molecule has 0 unspecified atom stereocenters. The number of carbonyl (C=O) groups is 2. The van der Waals surface area contributed by atoms with Gasteiger partial charge in [-0.05, 0) is 30.3 Å². The number of fused-ring (bicyclic) bond motifs is 1. The summed E-state index contributed by atoms with van der Waals surface area (Å²) in [5.74, 6) is 0.138. The third-order valence-electron chi connectivity index (χ3n) is 5.35. The first-order valence-electron chi connectivity index (χ1n) is 10.9. The fraction of sp³-hybridized carbons (Fsp3) is 0.0769. The fourth-order valence-electron chi connectivity index (χ4n) is 3.71. The average Bonchev–Trinajstić information content (AvgIpc) is 3.30. The molecule has 5 aromatic rings. The topological polar surface area (TPSA) is 119 Å². The molecule has 9 nitrogen and oxygen atoms in total. The Bertz CT molecular complexity index is 1580. The Morgan fingerprint density at radius 2 is 1.64 bits per heavy atom. The number of thiazole rings is 1. The zero-order chi connectivity index (χ0) is 25.1. The minimum absolute atomic E-state index is 0.126. The number of anilines is 2. The molecule has 0 bridgehead atoms. The van der Waals surface area contributed by atoms with Gasteiger partial charge in [0.05, 0.1) is 30.8 Å². The van der Waals surface area contributed by atoms with Crippen LogP contribution >= 0.6 is 11.3 Å². The van der Waals surface area contributed by atoms with E-state index in [0.29, 0.717) is 38.0 Å². The van der Waals surface area contributed by atoms with Crippen LogP contribution in [0.5, 0.6) is 5.75 Å². The largest absolute Gasteiger partial charge is 0.496 e. The van der Waals surface area contributed by atoms with E-state index >= 15 is 0 Å². The molecule has 0 spiro atoms. The molecule has 10 heteroatoms. The fourth-order valence-corrected chi connectivity index (χ4v) is 4.54. The van der Waals surface area contributed by atoms with E-state index in [1.54, 1.807) is 7.11 Å². The standard InChI is InChI=1S/C26H20N6O3S/c1-15(33)29-17-9-7-16(8-10-17)21-11-12-22-25(30-21)36-26(31-22)32-24(34)20-14-28-27-13-19(20)18-5-3-4-6-23(18)35-2/h3-14H,1-2H3,(H,29,33)(H,31,32,34). The molecule has 2 aromatic carbocycles. The minimum atomic E-state index is -0.362. The van der Waals surface area contributed by atoms with Crippen molar-refractivity contribution in [1.82, 2.24) is 20.2 Å². The summed E-state index contributed by atoms with van der Waals surface area (Å²) in [7, 11) is 1.58. The Morgan fingerprint density at radius 3 is 2.42 bits per heavy atom. The van der Waals surface area contributed by atoms with Gasteiger partial charge in [-0.2, -0.15) is 10.2 Å². The Kier molecular flexibility index (Phi) is 6.33. The number of aromatic nitrogens is 4. The van der Waals surface area contributed by atoms with E-state index in [0.717, 1.165) is 16.8 Å². The second-order valence-corrected chi connectivity index (χ2v) is 8.75. The number of hydrogen-bond acceptors (Lipinski definition) is 8. The van der Waals surface area contributed by atoms with Gasteiger partial charge in [-0.3, -0.25) is 14.9 Å². The van der Waals surface area contributed by atoms with Gasteiger partial charge in [-0.25, -0.2) is 9.97 Å². The van der Waals surface area contributed by atoms with E-state index < -0.39 is 0 Å². The van der Waals surface area contributed by atoms with Crippen LogP contribution in [0.1, 0.15) is 17.3 Å². The van der Waals surface area contributed by atoms with Crippen LogP contribution in [0.3, 0.4) is 0 Å². The first-order chi connectivity index (χ1) is 17.5. The highest BCUT2D eigenvalue weighted by atomic mass is 32.1. The van der Waals surface area contributed by atoms with Gasteiger partial charge in [-0.15, -0.1) is 0 Å². The number of nitrogens with one attached hydrogen (secondary N) is 2. The first kappa shape index (κ1) is 23.1. The molecule has 36 heavy (non-hydrogen) atoms. The van der Waals surface area contributed by atoms with Gasteiger partial charge in [0, 0.05) is 29.3 Å². The SMILES string of the molecule is COc1ccccc1-c1cnncc1C(=O)Nc1nc2ccc(-c3ccc(NC(C)=O)cc3)nc2s1.